The SMILES string of the molecule is [C-]#[N+]c1ccc2c(ccn2Cc2ccc(C=O)cc2)c1. The first-order valence-electron chi connectivity index (χ1n) is 6.30. The third-order valence-electron chi connectivity index (χ3n) is 3.35. The third kappa shape index (κ3) is 2.19. The predicted molar refractivity (Wildman–Crippen MR) is 79.1 cm³/mol. The van der Waals surface area contributed by atoms with Gasteiger partial charge in [0.15, 0.2) is 5.69 Å². The van der Waals surface area contributed by atoms with Crippen LogP contribution in [0.1, 0.15) is 15.9 Å². The van der Waals surface area contributed by atoms with Crippen molar-refractivity contribution in [3.8, 4) is 0 Å². The van der Waals surface area contributed by atoms with Crippen LogP contribution in [0, 0.1) is 6.57 Å². The summed E-state index contributed by atoms with van der Waals surface area (Å²) in [7, 11) is 0. The maximum absolute atomic E-state index is 10.6. The molecular weight excluding hydrogens is 248 g/mol. The number of fused-ring (bicyclic) bond motifs is 1. The molecule has 0 fully saturated rings. The van der Waals surface area contributed by atoms with E-state index in [2.05, 4.69) is 9.41 Å². The summed E-state index contributed by atoms with van der Waals surface area (Å²) in [5.74, 6) is 0. The lowest BCUT2D eigenvalue weighted by Crippen LogP contribution is -1.97. The summed E-state index contributed by atoms with van der Waals surface area (Å²) in [5.41, 5.74) is 3.60. The smallest absolute Gasteiger partial charge is 0.187 e. The Hall–Kier alpha value is -2.86. The molecule has 3 rings (SSSR count). The number of nitrogens with zero attached hydrogens (tertiary/aromatic N) is 2. The standard InChI is InChI=1S/C17H12N2O/c1-18-16-6-7-17-15(10-16)8-9-19(17)11-13-2-4-14(12-20)5-3-13/h2-10,12H,11H2. The predicted octanol–water partition coefficient (Wildman–Crippen LogP) is 4.05. The van der Waals surface area contributed by atoms with E-state index in [-0.39, 0.29) is 0 Å². The fourth-order valence-corrected chi connectivity index (χ4v) is 2.29. The van der Waals surface area contributed by atoms with Crippen molar-refractivity contribution >= 4 is 22.9 Å². The summed E-state index contributed by atoms with van der Waals surface area (Å²) in [4.78, 5) is 14.1. The second-order valence-electron chi connectivity index (χ2n) is 4.66. The largest absolute Gasteiger partial charge is 0.343 e. The maximum Gasteiger partial charge on any atom is 0.187 e. The molecule has 3 heteroatoms. The highest BCUT2D eigenvalue weighted by atomic mass is 16.1. The van der Waals surface area contributed by atoms with Gasteiger partial charge in [0.1, 0.15) is 6.29 Å². The maximum atomic E-state index is 10.6. The van der Waals surface area contributed by atoms with Crippen molar-refractivity contribution in [1.82, 2.24) is 4.57 Å². The molecule has 0 radical (unpaired) electrons. The van der Waals surface area contributed by atoms with Gasteiger partial charge in [-0.3, -0.25) is 4.79 Å². The molecule has 0 bridgehead atoms. The number of benzene rings is 2. The molecule has 0 aliphatic heterocycles. The normalized spacial score (nSPS) is 10.3. The molecule has 1 heterocycles. The molecule has 0 saturated heterocycles. The molecule has 0 saturated carbocycles. The summed E-state index contributed by atoms with van der Waals surface area (Å²) in [6.45, 7) is 7.78. The van der Waals surface area contributed by atoms with Crippen LogP contribution in [0.25, 0.3) is 15.7 Å². The van der Waals surface area contributed by atoms with E-state index in [1.807, 2.05) is 54.7 Å². The number of aldehydes is 1. The first-order chi connectivity index (χ1) is 9.80. The molecule has 0 unspecified atom stereocenters. The monoisotopic (exact) mass is 260 g/mol. The van der Waals surface area contributed by atoms with E-state index < -0.39 is 0 Å². The van der Waals surface area contributed by atoms with Crippen LogP contribution in [-0.4, -0.2) is 10.9 Å². The minimum absolute atomic E-state index is 0.658. The molecule has 0 N–H and O–H groups in total. The van der Waals surface area contributed by atoms with Gasteiger partial charge in [-0.05, 0) is 29.1 Å². The van der Waals surface area contributed by atoms with Gasteiger partial charge < -0.3 is 4.57 Å². The number of carbonyl (C=O) groups excluding carboxylic acids is 1. The first kappa shape index (κ1) is 12.2. The van der Waals surface area contributed by atoms with Crippen LogP contribution in [0.4, 0.5) is 5.69 Å². The third-order valence-corrected chi connectivity index (χ3v) is 3.35. The Morgan fingerprint density at radius 3 is 2.60 bits per heavy atom. The highest BCUT2D eigenvalue weighted by Gasteiger charge is 2.03. The number of carbonyl (C=O) groups is 1. The summed E-state index contributed by atoms with van der Waals surface area (Å²) in [6.07, 6.45) is 2.87. The quantitative estimate of drug-likeness (QED) is 0.515. The Labute approximate surface area is 116 Å². The van der Waals surface area contributed by atoms with Gasteiger partial charge in [0.2, 0.25) is 0 Å². The van der Waals surface area contributed by atoms with E-state index in [9.17, 15) is 4.79 Å². The van der Waals surface area contributed by atoms with E-state index in [0.717, 1.165) is 29.3 Å². The average Bonchev–Trinajstić information content (AvgIpc) is 2.90. The van der Waals surface area contributed by atoms with Crippen molar-refractivity contribution in [3.63, 3.8) is 0 Å². The van der Waals surface area contributed by atoms with Crippen molar-refractivity contribution in [2.24, 2.45) is 0 Å². The number of aromatic nitrogens is 1. The van der Waals surface area contributed by atoms with E-state index in [1.165, 1.54) is 0 Å². The van der Waals surface area contributed by atoms with Crippen LogP contribution >= 0.6 is 0 Å². The lowest BCUT2D eigenvalue weighted by atomic mass is 10.1. The Morgan fingerprint density at radius 2 is 1.90 bits per heavy atom. The van der Waals surface area contributed by atoms with Crippen molar-refractivity contribution in [3.05, 3.63) is 77.3 Å². The molecular formula is C17H12N2O. The number of hydrogen-bond donors (Lipinski definition) is 0. The Bertz CT molecular complexity index is 807. The van der Waals surface area contributed by atoms with Crippen LogP contribution in [0.2, 0.25) is 0 Å². The zero-order chi connectivity index (χ0) is 13.9. The fourth-order valence-electron chi connectivity index (χ4n) is 2.29. The number of rotatable bonds is 3. The van der Waals surface area contributed by atoms with Gasteiger partial charge in [-0.2, -0.15) is 0 Å². The second kappa shape index (κ2) is 5.02. The lowest BCUT2D eigenvalue weighted by Gasteiger charge is -2.06. The number of hydrogen-bond acceptors (Lipinski definition) is 1. The molecule has 2 aromatic carbocycles. The van der Waals surface area contributed by atoms with Crippen molar-refractivity contribution < 1.29 is 4.79 Å². The van der Waals surface area contributed by atoms with Gasteiger partial charge in [-0.1, -0.05) is 30.3 Å². The zero-order valence-electron chi connectivity index (χ0n) is 10.8. The minimum atomic E-state index is 0.658. The van der Waals surface area contributed by atoms with Gasteiger partial charge in [0, 0.05) is 23.8 Å². The Kier molecular flexibility index (Phi) is 3.06. The van der Waals surface area contributed by atoms with Crippen molar-refractivity contribution in [2.75, 3.05) is 0 Å². The molecule has 3 nitrogen and oxygen atoms in total. The Morgan fingerprint density at radius 1 is 1.10 bits per heavy atom. The van der Waals surface area contributed by atoms with E-state index in [4.69, 9.17) is 6.57 Å². The molecule has 0 aliphatic rings. The van der Waals surface area contributed by atoms with Crippen LogP contribution in [0.3, 0.4) is 0 Å². The van der Waals surface area contributed by atoms with Gasteiger partial charge in [0.05, 0.1) is 6.57 Å². The first-order valence-corrected chi connectivity index (χ1v) is 6.30. The van der Waals surface area contributed by atoms with E-state index in [1.54, 1.807) is 0 Å². The Balaban J connectivity index is 1.94. The van der Waals surface area contributed by atoms with E-state index in [0.29, 0.717) is 11.3 Å². The van der Waals surface area contributed by atoms with Gasteiger partial charge in [0.25, 0.3) is 0 Å². The van der Waals surface area contributed by atoms with Crippen molar-refractivity contribution in [2.45, 2.75) is 6.54 Å². The van der Waals surface area contributed by atoms with Gasteiger partial charge in [-0.15, -0.1) is 0 Å². The summed E-state index contributed by atoms with van der Waals surface area (Å²) >= 11 is 0. The topological polar surface area (TPSA) is 26.4 Å². The molecule has 3 aromatic rings. The van der Waals surface area contributed by atoms with Crippen molar-refractivity contribution in [1.29, 1.82) is 0 Å². The van der Waals surface area contributed by atoms with Crippen LogP contribution in [0.5, 0.6) is 0 Å². The highest BCUT2D eigenvalue weighted by molar-refractivity contribution is 5.84. The molecule has 0 spiro atoms. The van der Waals surface area contributed by atoms with Crippen LogP contribution in [0.15, 0.2) is 54.7 Å². The summed E-state index contributed by atoms with van der Waals surface area (Å²) in [5, 5.41) is 1.07. The molecule has 0 atom stereocenters. The highest BCUT2D eigenvalue weighted by Crippen LogP contribution is 2.23. The van der Waals surface area contributed by atoms with Crippen LogP contribution < -0.4 is 0 Å². The van der Waals surface area contributed by atoms with E-state index >= 15 is 0 Å². The van der Waals surface area contributed by atoms with Crippen LogP contribution in [-0.2, 0) is 6.54 Å². The summed E-state index contributed by atoms with van der Waals surface area (Å²) < 4.78 is 2.14. The lowest BCUT2D eigenvalue weighted by molar-refractivity contribution is 0.112. The molecule has 20 heavy (non-hydrogen) atoms. The fraction of sp³-hybridized carbons (Fsp3) is 0.0588. The zero-order valence-corrected chi connectivity index (χ0v) is 10.8. The summed E-state index contributed by atoms with van der Waals surface area (Å²) in [6, 6.07) is 15.3. The average molecular weight is 260 g/mol. The van der Waals surface area contributed by atoms with Gasteiger partial charge >= 0.3 is 0 Å². The minimum Gasteiger partial charge on any atom is -0.343 e. The molecule has 1 aromatic heterocycles. The van der Waals surface area contributed by atoms with Gasteiger partial charge in [-0.25, -0.2) is 4.85 Å². The second-order valence-corrected chi connectivity index (χ2v) is 4.66. The molecule has 0 aliphatic carbocycles. The molecule has 96 valence electrons. The molecule has 0 amide bonds.